The molecule has 0 radical (unpaired) electrons. The van der Waals surface area contributed by atoms with Crippen LogP contribution >= 0.6 is 0 Å². The Morgan fingerprint density at radius 2 is 1.76 bits per heavy atom. The SMILES string of the molecule is FC(F)(CNCC1CCCC1)c1ccccc1. The summed E-state index contributed by atoms with van der Waals surface area (Å²) in [5.74, 6) is -2.17. The first-order valence-corrected chi connectivity index (χ1v) is 6.32. The quantitative estimate of drug-likeness (QED) is 0.828. The van der Waals surface area contributed by atoms with Crippen molar-refractivity contribution in [2.45, 2.75) is 31.6 Å². The van der Waals surface area contributed by atoms with E-state index in [4.69, 9.17) is 0 Å². The maximum absolute atomic E-state index is 13.8. The van der Waals surface area contributed by atoms with Gasteiger partial charge >= 0.3 is 0 Å². The van der Waals surface area contributed by atoms with E-state index in [1.165, 1.54) is 37.8 Å². The summed E-state index contributed by atoms with van der Waals surface area (Å²) in [4.78, 5) is 0. The first kappa shape index (κ1) is 12.5. The third-order valence-corrected chi connectivity index (χ3v) is 3.45. The van der Waals surface area contributed by atoms with Crippen LogP contribution in [-0.2, 0) is 5.92 Å². The zero-order chi connectivity index (χ0) is 12.1. The Morgan fingerprint density at radius 3 is 2.41 bits per heavy atom. The largest absolute Gasteiger partial charge is 0.311 e. The van der Waals surface area contributed by atoms with E-state index in [9.17, 15) is 8.78 Å². The minimum Gasteiger partial charge on any atom is -0.311 e. The lowest BCUT2D eigenvalue weighted by Gasteiger charge is -2.19. The Labute approximate surface area is 101 Å². The van der Waals surface area contributed by atoms with E-state index in [1.807, 2.05) is 0 Å². The van der Waals surface area contributed by atoms with Gasteiger partial charge in [0.25, 0.3) is 5.92 Å². The summed E-state index contributed by atoms with van der Waals surface area (Å²) in [6, 6.07) is 8.03. The van der Waals surface area contributed by atoms with Gasteiger partial charge in [-0.2, -0.15) is 8.78 Å². The van der Waals surface area contributed by atoms with Crippen LogP contribution in [0.25, 0.3) is 0 Å². The van der Waals surface area contributed by atoms with Crippen LogP contribution in [-0.4, -0.2) is 13.1 Å². The zero-order valence-electron chi connectivity index (χ0n) is 9.96. The van der Waals surface area contributed by atoms with E-state index in [-0.39, 0.29) is 12.1 Å². The Bertz CT molecular complexity index is 331. The van der Waals surface area contributed by atoms with Crippen LogP contribution in [0.3, 0.4) is 0 Å². The molecule has 0 heterocycles. The molecule has 0 amide bonds. The molecule has 1 aromatic rings. The van der Waals surface area contributed by atoms with Crippen LogP contribution in [0.5, 0.6) is 0 Å². The third-order valence-electron chi connectivity index (χ3n) is 3.45. The fourth-order valence-corrected chi connectivity index (χ4v) is 2.43. The van der Waals surface area contributed by atoms with Gasteiger partial charge in [-0.3, -0.25) is 0 Å². The summed E-state index contributed by atoms with van der Waals surface area (Å²) in [6.45, 7) is 0.468. The van der Waals surface area contributed by atoms with Crippen molar-refractivity contribution in [2.24, 2.45) is 5.92 Å². The van der Waals surface area contributed by atoms with Crippen LogP contribution in [0, 0.1) is 5.92 Å². The third kappa shape index (κ3) is 3.50. The standard InChI is InChI=1S/C14H19F2N/c15-14(16,13-8-2-1-3-9-13)11-17-10-12-6-4-5-7-12/h1-3,8-9,12,17H,4-7,10-11H2. The van der Waals surface area contributed by atoms with Crippen molar-refractivity contribution in [2.75, 3.05) is 13.1 Å². The topological polar surface area (TPSA) is 12.0 Å². The highest BCUT2D eigenvalue weighted by atomic mass is 19.3. The first-order valence-electron chi connectivity index (χ1n) is 6.32. The summed E-state index contributed by atoms with van der Waals surface area (Å²) < 4.78 is 27.5. The maximum atomic E-state index is 13.8. The predicted octanol–water partition coefficient (Wildman–Crippen LogP) is 3.56. The van der Waals surface area contributed by atoms with Crippen LogP contribution in [0.15, 0.2) is 30.3 Å². The normalized spacial score (nSPS) is 17.5. The predicted molar refractivity (Wildman–Crippen MR) is 65.2 cm³/mol. The molecule has 0 unspecified atom stereocenters. The smallest absolute Gasteiger partial charge is 0.285 e. The van der Waals surface area contributed by atoms with Crippen molar-refractivity contribution >= 4 is 0 Å². The molecule has 0 bridgehead atoms. The molecular weight excluding hydrogens is 220 g/mol. The molecular formula is C14H19F2N. The van der Waals surface area contributed by atoms with Crippen LogP contribution in [0.1, 0.15) is 31.2 Å². The van der Waals surface area contributed by atoms with E-state index < -0.39 is 5.92 Å². The number of hydrogen-bond donors (Lipinski definition) is 1. The number of rotatable bonds is 5. The van der Waals surface area contributed by atoms with Crippen LogP contribution in [0.4, 0.5) is 8.78 Å². The van der Waals surface area contributed by atoms with Gasteiger partial charge in [0.2, 0.25) is 0 Å². The van der Waals surface area contributed by atoms with Crippen molar-refractivity contribution in [1.29, 1.82) is 0 Å². The van der Waals surface area contributed by atoms with Crippen molar-refractivity contribution in [1.82, 2.24) is 5.32 Å². The summed E-state index contributed by atoms with van der Waals surface area (Å²) in [6.07, 6.45) is 4.87. The summed E-state index contributed by atoms with van der Waals surface area (Å²) in [5, 5.41) is 2.92. The molecule has 0 atom stereocenters. The van der Waals surface area contributed by atoms with Gasteiger partial charge in [-0.05, 0) is 25.3 Å². The van der Waals surface area contributed by atoms with Crippen LogP contribution in [0.2, 0.25) is 0 Å². The minimum absolute atomic E-state index is 0.0962. The molecule has 1 N–H and O–H groups in total. The molecule has 1 aromatic carbocycles. The Balaban J connectivity index is 1.80. The number of alkyl halides is 2. The Kier molecular flexibility index (Phi) is 4.11. The van der Waals surface area contributed by atoms with E-state index in [0.29, 0.717) is 5.92 Å². The molecule has 0 saturated heterocycles. The molecule has 1 aliphatic rings. The minimum atomic E-state index is -2.76. The van der Waals surface area contributed by atoms with Crippen molar-refractivity contribution in [3.63, 3.8) is 0 Å². The summed E-state index contributed by atoms with van der Waals surface area (Å²) in [7, 11) is 0. The molecule has 94 valence electrons. The summed E-state index contributed by atoms with van der Waals surface area (Å²) >= 11 is 0. The van der Waals surface area contributed by atoms with Crippen molar-refractivity contribution in [3.8, 4) is 0 Å². The summed E-state index contributed by atoms with van der Waals surface area (Å²) in [5.41, 5.74) is 0.0962. The maximum Gasteiger partial charge on any atom is 0.285 e. The lowest BCUT2D eigenvalue weighted by atomic mass is 10.1. The van der Waals surface area contributed by atoms with Crippen molar-refractivity contribution < 1.29 is 8.78 Å². The molecule has 1 saturated carbocycles. The second-order valence-corrected chi connectivity index (χ2v) is 4.85. The second kappa shape index (κ2) is 5.58. The van der Waals surface area contributed by atoms with E-state index in [2.05, 4.69) is 5.32 Å². The number of hydrogen-bond acceptors (Lipinski definition) is 1. The van der Waals surface area contributed by atoms with Gasteiger partial charge in [0, 0.05) is 5.56 Å². The Morgan fingerprint density at radius 1 is 1.12 bits per heavy atom. The highest BCUT2D eigenvalue weighted by molar-refractivity contribution is 5.20. The second-order valence-electron chi connectivity index (χ2n) is 4.85. The fourth-order valence-electron chi connectivity index (χ4n) is 2.43. The average Bonchev–Trinajstić information content (AvgIpc) is 2.83. The van der Waals surface area contributed by atoms with Gasteiger partial charge in [0.05, 0.1) is 6.54 Å². The van der Waals surface area contributed by atoms with Gasteiger partial charge in [-0.15, -0.1) is 0 Å². The fraction of sp³-hybridized carbons (Fsp3) is 0.571. The monoisotopic (exact) mass is 239 g/mol. The van der Waals surface area contributed by atoms with Gasteiger partial charge in [0.15, 0.2) is 0 Å². The number of benzene rings is 1. The van der Waals surface area contributed by atoms with E-state index in [1.54, 1.807) is 18.2 Å². The molecule has 1 aliphatic carbocycles. The Hall–Kier alpha value is -0.960. The zero-order valence-corrected chi connectivity index (χ0v) is 9.96. The lowest BCUT2D eigenvalue weighted by molar-refractivity contribution is -0.00375. The first-order chi connectivity index (χ1) is 8.18. The highest BCUT2D eigenvalue weighted by Crippen LogP contribution is 2.27. The molecule has 0 aromatic heterocycles. The number of halogens is 2. The molecule has 0 aliphatic heterocycles. The van der Waals surface area contributed by atoms with E-state index in [0.717, 1.165) is 6.54 Å². The molecule has 1 fully saturated rings. The van der Waals surface area contributed by atoms with Gasteiger partial charge in [-0.1, -0.05) is 43.2 Å². The van der Waals surface area contributed by atoms with Gasteiger partial charge in [-0.25, -0.2) is 0 Å². The highest BCUT2D eigenvalue weighted by Gasteiger charge is 2.30. The molecule has 0 spiro atoms. The number of nitrogens with one attached hydrogen (secondary N) is 1. The average molecular weight is 239 g/mol. The van der Waals surface area contributed by atoms with Crippen LogP contribution < -0.4 is 5.32 Å². The van der Waals surface area contributed by atoms with Crippen molar-refractivity contribution in [3.05, 3.63) is 35.9 Å². The lowest BCUT2D eigenvalue weighted by Crippen LogP contribution is -2.33. The van der Waals surface area contributed by atoms with Gasteiger partial charge < -0.3 is 5.32 Å². The molecule has 17 heavy (non-hydrogen) atoms. The molecule has 2 rings (SSSR count). The molecule has 1 nitrogen and oxygen atoms in total. The van der Waals surface area contributed by atoms with Gasteiger partial charge in [0.1, 0.15) is 0 Å². The molecule has 3 heteroatoms. The van der Waals surface area contributed by atoms with E-state index >= 15 is 0 Å².